The van der Waals surface area contributed by atoms with Crippen LogP contribution in [0.4, 0.5) is 0 Å². The van der Waals surface area contributed by atoms with Crippen LogP contribution in [0.25, 0.3) is 0 Å². The number of esters is 1. The van der Waals surface area contributed by atoms with Gasteiger partial charge in [0.15, 0.2) is 0 Å². The lowest BCUT2D eigenvalue weighted by atomic mass is 9.87. The van der Waals surface area contributed by atoms with Crippen LogP contribution in [0.5, 0.6) is 0 Å². The van der Waals surface area contributed by atoms with Crippen LogP contribution in [-0.4, -0.2) is 5.97 Å². The molecule has 0 amide bonds. The molecule has 0 heterocycles. The minimum absolute atomic E-state index is 0.0543. The molecular formula is C15H18O2. The quantitative estimate of drug-likeness (QED) is 0.587. The van der Waals surface area contributed by atoms with Gasteiger partial charge in [0.05, 0.1) is 5.92 Å². The van der Waals surface area contributed by atoms with Gasteiger partial charge < -0.3 is 4.74 Å². The van der Waals surface area contributed by atoms with E-state index in [4.69, 9.17) is 4.74 Å². The van der Waals surface area contributed by atoms with Gasteiger partial charge in [-0.2, -0.15) is 0 Å². The van der Waals surface area contributed by atoms with E-state index in [0.29, 0.717) is 6.61 Å². The number of allylic oxidation sites excluding steroid dienone is 1. The normalized spacial score (nSPS) is 16.8. The first-order chi connectivity index (χ1) is 8.25. The van der Waals surface area contributed by atoms with E-state index in [-0.39, 0.29) is 11.9 Å². The second-order valence-corrected chi connectivity index (χ2v) is 4.62. The highest BCUT2D eigenvalue weighted by Gasteiger charge is 2.23. The Morgan fingerprint density at radius 1 is 1.24 bits per heavy atom. The zero-order valence-electron chi connectivity index (χ0n) is 10.0. The Balaban J connectivity index is 1.80. The van der Waals surface area contributed by atoms with E-state index in [2.05, 4.69) is 6.58 Å². The van der Waals surface area contributed by atoms with Gasteiger partial charge in [-0.3, -0.25) is 4.79 Å². The van der Waals surface area contributed by atoms with Crippen LogP contribution in [0.2, 0.25) is 0 Å². The van der Waals surface area contributed by atoms with Crippen LogP contribution in [0.1, 0.15) is 31.2 Å². The molecule has 0 N–H and O–H groups in total. The smallest absolute Gasteiger partial charge is 0.309 e. The zero-order valence-corrected chi connectivity index (χ0v) is 10.0. The summed E-state index contributed by atoms with van der Waals surface area (Å²) in [5.41, 5.74) is 2.30. The number of carbonyl (C=O) groups excluding carboxylic acids is 1. The Morgan fingerprint density at radius 2 is 1.88 bits per heavy atom. The molecule has 0 aromatic heterocycles. The van der Waals surface area contributed by atoms with Crippen molar-refractivity contribution in [2.45, 2.75) is 32.3 Å². The van der Waals surface area contributed by atoms with Gasteiger partial charge in [0, 0.05) is 0 Å². The monoisotopic (exact) mass is 230 g/mol. The van der Waals surface area contributed by atoms with E-state index in [9.17, 15) is 4.79 Å². The Morgan fingerprint density at radius 3 is 2.53 bits per heavy atom. The number of hydrogen-bond acceptors (Lipinski definition) is 2. The van der Waals surface area contributed by atoms with Gasteiger partial charge in [-0.05, 0) is 31.2 Å². The predicted octanol–water partition coefficient (Wildman–Crippen LogP) is 3.48. The van der Waals surface area contributed by atoms with Crippen molar-refractivity contribution in [3.63, 3.8) is 0 Å². The summed E-state index contributed by atoms with van der Waals surface area (Å²) in [6.07, 6.45) is 3.72. The van der Waals surface area contributed by atoms with Gasteiger partial charge in [0.25, 0.3) is 0 Å². The van der Waals surface area contributed by atoms with Crippen LogP contribution in [0, 0.1) is 5.92 Å². The third kappa shape index (κ3) is 3.45. The van der Waals surface area contributed by atoms with Crippen LogP contribution in [0.15, 0.2) is 42.5 Å². The van der Waals surface area contributed by atoms with E-state index in [1.807, 2.05) is 30.3 Å². The highest BCUT2D eigenvalue weighted by Crippen LogP contribution is 2.28. The Bertz CT molecular complexity index is 385. The SMILES string of the molecule is C=C1CCC(C(=O)OCc2ccccc2)CC1. The molecule has 0 saturated heterocycles. The fourth-order valence-corrected chi connectivity index (χ4v) is 2.11. The van der Waals surface area contributed by atoms with Crippen molar-refractivity contribution in [1.29, 1.82) is 0 Å². The first-order valence-electron chi connectivity index (χ1n) is 6.13. The lowest BCUT2D eigenvalue weighted by molar-refractivity contribution is -0.150. The first-order valence-corrected chi connectivity index (χ1v) is 6.13. The third-order valence-corrected chi connectivity index (χ3v) is 3.25. The molecule has 17 heavy (non-hydrogen) atoms. The van der Waals surface area contributed by atoms with Crippen LogP contribution in [-0.2, 0) is 16.1 Å². The molecule has 0 radical (unpaired) electrons. The van der Waals surface area contributed by atoms with Crippen molar-refractivity contribution < 1.29 is 9.53 Å². The molecule has 1 fully saturated rings. The van der Waals surface area contributed by atoms with E-state index in [1.54, 1.807) is 0 Å². The summed E-state index contributed by atoms with van der Waals surface area (Å²) < 4.78 is 5.33. The molecule has 1 aromatic rings. The van der Waals surface area contributed by atoms with Crippen LogP contribution < -0.4 is 0 Å². The van der Waals surface area contributed by atoms with Crippen LogP contribution in [0.3, 0.4) is 0 Å². The molecule has 90 valence electrons. The second kappa shape index (κ2) is 5.67. The number of hydrogen-bond donors (Lipinski definition) is 0. The summed E-state index contributed by atoms with van der Waals surface area (Å²) in [6, 6.07) is 9.80. The summed E-state index contributed by atoms with van der Waals surface area (Å²) >= 11 is 0. The second-order valence-electron chi connectivity index (χ2n) is 4.62. The molecular weight excluding hydrogens is 212 g/mol. The summed E-state index contributed by atoms with van der Waals surface area (Å²) in [6.45, 7) is 4.34. The topological polar surface area (TPSA) is 26.3 Å². The van der Waals surface area contributed by atoms with E-state index >= 15 is 0 Å². The maximum Gasteiger partial charge on any atom is 0.309 e. The number of benzene rings is 1. The summed E-state index contributed by atoms with van der Waals surface area (Å²) in [7, 11) is 0. The Labute approximate surface area is 102 Å². The van der Waals surface area contributed by atoms with Crippen molar-refractivity contribution in [1.82, 2.24) is 0 Å². The fraction of sp³-hybridized carbons (Fsp3) is 0.400. The lowest BCUT2D eigenvalue weighted by Crippen LogP contribution is -2.20. The summed E-state index contributed by atoms with van der Waals surface area (Å²) in [4.78, 5) is 11.8. The molecule has 1 aliphatic carbocycles. The standard InChI is InChI=1S/C15H18O2/c1-12-7-9-14(10-8-12)15(16)17-11-13-5-3-2-4-6-13/h2-6,14H,1,7-11H2. The van der Waals surface area contributed by atoms with Crippen molar-refractivity contribution >= 4 is 5.97 Å². The van der Waals surface area contributed by atoms with Gasteiger partial charge >= 0.3 is 5.97 Å². The average Bonchev–Trinajstić information content (AvgIpc) is 2.38. The van der Waals surface area contributed by atoms with E-state index in [1.165, 1.54) is 5.57 Å². The minimum atomic E-state index is -0.0543. The van der Waals surface area contributed by atoms with Gasteiger partial charge in [-0.15, -0.1) is 0 Å². The van der Waals surface area contributed by atoms with E-state index in [0.717, 1.165) is 31.2 Å². The van der Waals surface area contributed by atoms with Crippen molar-refractivity contribution in [2.24, 2.45) is 5.92 Å². The molecule has 1 saturated carbocycles. The van der Waals surface area contributed by atoms with Gasteiger partial charge in [-0.1, -0.05) is 42.5 Å². The molecule has 2 heteroatoms. The Hall–Kier alpha value is -1.57. The number of carbonyl (C=O) groups is 1. The summed E-state index contributed by atoms with van der Waals surface area (Å²) in [5, 5.41) is 0. The lowest BCUT2D eigenvalue weighted by Gasteiger charge is -2.21. The first kappa shape index (κ1) is 11.9. The maximum absolute atomic E-state index is 11.8. The highest BCUT2D eigenvalue weighted by atomic mass is 16.5. The van der Waals surface area contributed by atoms with Gasteiger partial charge in [0.2, 0.25) is 0 Å². The van der Waals surface area contributed by atoms with E-state index < -0.39 is 0 Å². The van der Waals surface area contributed by atoms with Crippen molar-refractivity contribution in [3.8, 4) is 0 Å². The number of rotatable bonds is 3. The van der Waals surface area contributed by atoms with Crippen molar-refractivity contribution in [2.75, 3.05) is 0 Å². The maximum atomic E-state index is 11.8. The fourth-order valence-electron chi connectivity index (χ4n) is 2.11. The van der Waals surface area contributed by atoms with Gasteiger partial charge in [0.1, 0.15) is 6.61 Å². The van der Waals surface area contributed by atoms with Crippen LogP contribution >= 0.6 is 0 Å². The minimum Gasteiger partial charge on any atom is -0.461 e. The largest absolute Gasteiger partial charge is 0.461 e. The molecule has 0 spiro atoms. The molecule has 0 bridgehead atoms. The zero-order chi connectivity index (χ0) is 12.1. The van der Waals surface area contributed by atoms with Crippen molar-refractivity contribution in [3.05, 3.63) is 48.0 Å². The molecule has 0 unspecified atom stereocenters. The molecule has 1 aliphatic rings. The third-order valence-electron chi connectivity index (χ3n) is 3.25. The molecule has 0 atom stereocenters. The molecule has 2 rings (SSSR count). The molecule has 1 aromatic carbocycles. The number of ether oxygens (including phenoxy) is 1. The highest BCUT2D eigenvalue weighted by molar-refractivity contribution is 5.72. The Kier molecular flexibility index (Phi) is 3.97. The van der Waals surface area contributed by atoms with Gasteiger partial charge in [-0.25, -0.2) is 0 Å². The average molecular weight is 230 g/mol. The summed E-state index contributed by atoms with van der Waals surface area (Å²) in [5.74, 6) is 0.0190. The molecule has 2 nitrogen and oxygen atoms in total. The predicted molar refractivity (Wildman–Crippen MR) is 67.3 cm³/mol. The molecule has 0 aliphatic heterocycles.